The van der Waals surface area contributed by atoms with Crippen LogP contribution in [0.5, 0.6) is 0 Å². The SMILES string of the molecule is CC1(CC(=[NH2+])OC(=N)C(c2nc3ccc(-c4ccccc4)cc3s2)S(C)(=O)=O)NC(=O)N(CC(F)(F)F)C1=O. The lowest BCUT2D eigenvalue weighted by molar-refractivity contribution is -0.155. The van der Waals surface area contributed by atoms with Crippen LogP contribution in [0, 0.1) is 5.41 Å². The van der Waals surface area contributed by atoms with Gasteiger partial charge in [0.1, 0.15) is 23.5 Å². The zero-order chi connectivity index (χ0) is 28.8. The number of rotatable bonds is 7. The Bertz CT molecular complexity index is 1590. The van der Waals surface area contributed by atoms with Gasteiger partial charge in [0.15, 0.2) is 15.1 Å². The number of nitrogens with one attached hydrogen (secondary N) is 2. The van der Waals surface area contributed by atoms with Crippen LogP contribution in [0.1, 0.15) is 23.6 Å². The van der Waals surface area contributed by atoms with Gasteiger partial charge in [0.2, 0.25) is 5.90 Å². The molecular formula is C24H23F3N5O5S2+. The summed E-state index contributed by atoms with van der Waals surface area (Å²) >= 11 is 1.05. The Morgan fingerprint density at radius 2 is 1.87 bits per heavy atom. The van der Waals surface area contributed by atoms with Gasteiger partial charge in [0.05, 0.1) is 10.2 Å². The summed E-state index contributed by atoms with van der Waals surface area (Å²) < 4.78 is 69.6. The first-order valence-corrected chi connectivity index (χ1v) is 14.1. The molecule has 15 heteroatoms. The fourth-order valence-corrected chi connectivity index (χ4v) is 6.64. The lowest BCUT2D eigenvalue weighted by Crippen LogP contribution is -2.53. The number of carbonyl (C=O) groups excluding carboxylic acids is 2. The molecule has 0 saturated carbocycles. The second-order valence-electron chi connectivity index (χ2n) is 9.19. The van der Waals surface area contributed by atoms with Gasteiger partial charge in [-0.2, -0.15) is 13.2 Å². The maximum absolute atomic E-state index is 12.8. The largest absolute Gasteiger partial charge is 0.406 e. The third kappa shape index (κ3) is 6.09. The fourth-order valence-electron chi connectivity index (χ4n) is 4.12. The molecular weight excluding hydrogens is 559 g/mol. The zero-order valence-corrected chi connectivity index (χ0v) is 22.2. The molecule has 3 aromatic rings. The molecule has 0 spiro atoms. The van der Waals surface area contributed by atoms with E-state index < -0.39 is 63.5 Å². The zero-order valence-electron chi connectivity index (χ0n) is 20.6. The van der Waals surface area contributed by atoms with Crippen molar-refractivity contribution in [1.29, 1.82) is 5.41 Å². The minimum atomic E-state index is -4.81. The van der Waals surface area contributed by atoms with E-state index >= 15 is 0 Å². The van der Waals surface area contributed by atoms with Crippen LogP contribution in [-0.4, -0.2) is 66.6 Å². The Kier molecular flexibility index (Phi) is 7.25. The van der Waals surface area contributed by atoms with Crippen molar-refractivity contribution in [2.24, 2.45) is 0 Å². The molecule has 2 heterocycles. The average Bonchev–Trinajstić information content (AvgIpc) is 3.30. The molecule has 10 nitrogen and oxygen atoms in total. The topological polar surface area (TPSA) is 155 Å². The third-order valence-electron chi connectivity index (χ3n) is 5.85. The minimum Gasteiger partial charge on any atom is -0.393 e. The number of amides is 3. The molecule has 0 bridgehead atoms. The first-order chi connectivity index (χ1) is 18.1. The number of urea groups is 1. The van der Waals surface area contributed by atoms with Crippen LogP contribution in [0.2, 0.25) is 0 Å². The number of imide groups is 1. The lowest BCUT2D eigenvalue weighted by Gasteiger charge is -2.21. The highest BCUT2D eigenvalue weighted by Gasteiger charge is 2.53. The van der Waals surface area contributed by atoms with Crippen LogP contribution >= 0.6 is 11.3 Å². The van der Waals surface area contributed by atoms with E-state index in [1.54, 1.807) is 6.07 Å². The van der Waals surface area contributed by atoms with Crippen LogP contribution in [-0.2, 0) is 19.4 Å². The Balaban J connectivity index is 1.54. The van der Waals surface area contributed by atoms with Crippen molar-refractivity contribution < 1.29 is 41.3 Å². The predicted molar refractivity (Wildman–Crippen MR) is 138 cm³/mol. The summed E-state index contributed by atoms with van der Waals surface area (Å²) in [5, 5.41) is 14.7. The summed E-state index contributed by atoms with van der Waals surface area (Å²) in [6.07, 6.45) is -4.52. The van der Waals surface area contributed by atoms with Crippen molar-refractivity contribution in [2.75, 3.05) is 12.8 Å². The van der Waals surface area contributed by atoms with Crippen LogP contribution in [0.25, 0.3) is 21.3 Å². The van der Waals surface area contributed by atoms with Gasteiger partial charge in [-0.25, -0.2) is 23.6 Å². The van der Waals surface area contributed by atoms with E-state index in [2.05, 4.69) is 10.3 Å². The molecule has 4 rings (SSSR count). The van der Waals surface area contributed by atoms with Gasteiger partial charge < -0.3 is 10.1 Å². The maximum Gasteiger partial charge on any atom is 0.406 e. The van der Waals surface area contributed by atoms with Crippen molar-refractivity contribution in [3.8, 4) is 11.1 Å². The maximum atomic E-state index is 12.8. The number of nitrogens with two attached hydrogens (primary N) is 1. The molecule has 1 aliphatic heterocycles. The highest BCUT2D eigenvalue weighted by molar-refractivity contribution is 7.91. The summed E-state index contributed by atoms with van der Waals surface area (Å²) in [6.45, 7) is -0.640. The molecule has 1 fully saturated rings. The molecule has 1 saturated heterocycles. The summed E-state index contributed by atoms with van der Waals surface area (Å²) in [7, 11) is -4.00. The number of halogens is 3. The Hall–Kier alpha value is -3.85. The lowest BCUT2D eigenvalue weighted by atomic mass is 9.98. The highest BCUT2D eigenvalue weighted by Crippen LogP contribution is 2.34. The van der Waals surface area contributed by atoms with Gasteiger partial charge in [-0.15, -0.1) is 11.3 Å². The van der Waals surface area contributed by atoms with Crippen LogP contribution in [0.4, 0.5) is 18.0 Å². The number of nitrogens with zero attached hydrogens (tertiary/aromatic N) is 2. The van der Waals surface area contributed by atoms with E-state index in [0.717, 1.165) is 35.6 Å². The molecule has 206 valence electrons. The number of carbonyl (C=O) groups is 2. The summed E-state index contributed by atoms with van der Waals surface area (Å²) in [5.41, 5.74) is 0.443. The molecule has 4 N–H and O–H groups in total. The van der Waals surface area contributed by atoms with E-state index in [1.807, 2.05) is 42.5 Å². The van der Waals surface area contributed by atoms with Gasteiger partial charge >= 0.3 is 18.1 Å². The number of sulfone groups is 1. The number of thiazole rings is 1. The molecule has 2 atom stereocenters. The van der Waals surface area contributed by atoms with Crippen molar-refractivity contribution in [3.63, 3.8) is 0 Å². The molecule has 2 unspecified atom stereocenters. The summed E-state index contributed by atoms with van der Waals surface area (Å²) in [5.74, 6) is -2.56. The van der Waals surface area contributed by atoms with Crippen molar-refractivity contribution in [2.45, 2.75) is 30.3 Å². The van der Waals surface area contributed by atoms with Gasteiger partial charge in [0, 0.05) is 6.26 Å². The first-order valence-electron chi connectivity index (χ1n) is 11.3. The molecule has 39 heavy (non-hydrogen) atoms. The third-order valence-corrected chi connectivity index (χ3v) is 8.38. The molecule has 3 amide bonds. The standard InChI is InChI=1S/C24H22F3N5O5S2/c1-23(21(33)32(22(34)31-23)12-24(25,26)27)11-17(28)37-19(29)18(39(2,35)36)20-30-15-9-8-14(10-16(15)38-20)13-6-4-3-5-7-13/h3-10,18,28-29H,11-12H2,1-2H3,(H,31,34)/p+1. The number of ether oxygens (including phenoxy) is 1. The highest BCUT2D eigenvalue weighted by atomic mass is 32.2. The van der Waals surface area contributed by atoms with Gasteiger partial charge in [-0.05, 0) is 30.2 Å². The summed E-state index contributed by atoms with van der Waals surface area (Å²) in [6, 6.07) is 13.6. The van der Waals surface area contributed by atoms with E-state index in [1.165, 1.54) is 0 Å². The van der Waals surface area contributed by atoms with Crippen molar-refractivity contribution in [3.05, 3.63) is 53.5 Å². The Morgan fingerprint density at radius 1 is 1.21 bits per heavy atom. The number of hydrogen-bond donors (Lipinski definition) is 3. The van der Waals surface area contributed by atoms with Gasteiger partial charge in [-0.3, -0.25) is 15.1 Å². The van der Waals surface area contributed by atoms with E-state index in [9.17, 15) is 31.2 Å². The molecule has 0 radical (unpaired) electrons. The molecule has 2 aromatic carbocycles. The van der Waals surface area contributed by atoms with E-state index in [0.29, 0.717) is 10.2 Å². The minimum absolute atomic E-state index is 0.00271. The smallest absolute Gasteiger partial charge is 0.393 e. The molecule has 0 aliphatic carbocycles. The predicted octanol–water partition coefficient (Wildman–Crippen LogP) is 2.46. The van der Waals surface area contributed by atoms with Crippen LogP contribution in [0.15, 0.2) is 48.5 Å². The quantitative estimate of drug-likeness (QED) is 0.221. The number of alkyl halides is 3. The average molecular weight is 583 g/mol. The number of hydrogen-bond acceptors (Lipinski definition) is 8. The van der Waals surface area contributed by atoms with Crippen LogP contribution in [0.3, 0.4) is 0 Å². The second-order valence-corrected chi connectivity index (χ2v) is 12.4. The monoisotopic (exact) mass is 582 g/mol. The summed E-state index contributed by atoms with van der Waals surface area (Å²) in [4.78, 5) is 28.9. The molecule has 1 aromatic heterocycles. The molecule has 1 aliphatic rings. The Morgan fingerprint density at radius 3 is 2.49 bits per heavy atom. The second kappa shape index (κ2) is 10.0. The van der Waals surface area contributed by atoms with Crippen LogP contribution < -0.4 is 10.7 Å². The fraction of sp³-hybridized carbons (Fsp3) is 0.292. The van der Waals surface area contributed by atoms with Crippen molar-refractivity contribution in [1.82, 2.24) is 15.2 Å². The van der Waals surface area contributed by atoms with Gasteiger partial charge in [0.25, 0.3) is 5.91 Å². The number of benzene rings is 2. The number of aromatic nitrogens is 1. The van der Waals surface area contributed by atoms with E-state index in [-0.39, 0.29) is 9.91 Å². The van der Waals surface area contributed by atoms with E-state index in [4.69, 9.17) is 15.6 Å². The normalized spacial score (nSPS) is 18.7. The number of fused-ring (bicyclic) bond motifs is 1. The Labute approximate surface area is 224 Å². The van der Waals surface area contributed by atoms with Crippen molar-refractivity contribution >= 4 is 55.1 Å². The first kappa shape index (κ1) is 28.2. The van der Waals surface area contributed by atoms with Gasteiger partial charge in [-0.1, -0.05) is 36.4 Å².